The summed E-state index contributed by atoms with van der Waals surface area (Å²) < 4.78 is 0. The van der Waals surface area contributed by atoms with E-state index in [-0.39, 0.29) is 22.9 Å². The fourth-order valence-corrected chi connectivity index (χ4v) is 4.10. The molecule has 0 spiro atoms. The summed E-state index contributed by atoms with van der Waals surface area (Å²) in [5.74, 6) is 0.241. The van der Waals surface area contributed by atoms with Crippen molar-refractivity contribution in [2.45, 2.75) is 39.7 Å². The van der Waals surface area contributed by atoms with Crippen molar-refractivity contribution >= 4 is 17.5 Å². The van der Waals surface area contributed by atoms with Crippen molar-refractivity contribution < 1.29 is 14.7 Å². The molecule has 27 heavy (non-hydrogen) atoms. The number of rotatable bonds is 2. The molecule has 1 amide bonds. The number of Topliss-reactive ketones (excluding diaryl/α,β-unsaturated/α-hetero) is 1. The van der Waals surface area contributed by atoms with Gasteiger partial charge < -0.3 is 5.11 Å². The third-order valence-corrected chi connectivity index (χ3v) is 5.28. The molecular formula is C22H22N2O3. The van der Waals surface area contributed by atoms with Gasteiger partial charge in [0.15, 0.2) is 5.78 Å². The second kappa shape index (κ2) is 6.05. The second-order valence-electron chi connectivity index (χ2n) is 8.16. The number of amides is 1. The highest BCUT2D eigenvalue weighted by atomic mass is 16.3. The molecule has 0 saturated carbocycles. The lowest BCUT2D eigenvalue weighted by molar-refractivity contribution is -0.118. The zero-order chi connectivity index (χ0) is 19.3. The number of fused-ring (bicyclic) bond motifs is 1. The Labute approximate surface area is 158 Å². The maximum absolute atomic E-state index is 13.2. The van der Waals surface area contributed by atoms with Gasteiger partial charge in [-0.1, -0.05) is 32.0 Å². The fourth-order valence-electron chi connectivity index (χ4n) is 4.10. The van der Waals surface area contributed by atoms with Crippen LogP contribution in [0.15, 0.2) is 53.9 Å². The molecule has 1 unspecified atom stereocenters. The van der Waals surface area contributed by atoms with Crippen LogP contribution >= 0.6 is 0 Å². The first-order valence-electron chi connectivity index (χ1n) is 9.09. The molecule has 2 aliphatic rings. The van der Waals surface area contributed by atoms with E-state index in [2.05, 4.69) is 4.98 Å². The quantitative estimate of drug-likeness (QED) is 0.865. The SMILES string of the molecule is Cc1ccnc(N2C(=O)c3ccccc3C2C2=C(O)CC(C)(C)CC2=O)c1. The predicted molar refractivity (Wildman–Crippen MR) is 103 cm³/mol. The van der Waals surface area contributed by atoms with Gasteiger partial charge in [0.25, 0.3) is 5.91 Å². The zero-order valence-electron chi connectivity index (χ0n) is 15.7. The standard InChI is InChI=1S/C22H22N2O3/c1-13-8-9-23-18(10-13)24-20(14-6-4-5-7-15(14)21(24)27)19-16(25)11-22(2,3)12-17(19)26/h4-10,20,25H,11-12H2,1-3H3. The van der Waals surface area contributed by atoms with Crippen molar-refractivity contribution in [2.24, 2.45) is 5.41 Å². The van der Waals surface area contributed by atoms with Crippen LogP contribution in [-0.2, 0) is 4.79 Å². The smallest absolute Gasteiger partial charge is 0.260 e. The Morgan fingerprint density at radius 2 is 1.89 bits per heavy atom. The van der Waals surface area contributed by atoms with Crippen molar-refractivity contribution in [3.8, 4) is 0 Å². The zero-order valence-corrected chi connectivity index (χ0v) is 15.7. The van der Waals surface area contributed by atoms with E-state index >= 15 is 0 Å². The van der Waals surface area contributed by atoms with Crippen molar-refractivity contribution in [3.05, 3.63) is 70.6 Å². The minimum absolute atomic E-state index is 0.0726. The molecule has 2 aromatic rings. The van der Waals surface area contributed by atoms with Crippen LogP contribution in [0.4, 0.5) is 5.82 Å². The summed E-state index contributed by atoms with van der Waals surface area (Å²) in [6, 6.07) is 10.3. The number of aromatic nitrogens is 1. The molecule has 5 heteroatoms. The number of hydrogen-bond acceptors (Lipinski definition) is 4. The Hall–Kier alpha value is -2.95. The fraction of sp³-hybridized carbons (Fsp3) is 0.318. The monoisotopic (exact) mass is 362 g/mol. The van der Waals surface area contributed by atoms with Crippen LogP contribution in [0, 0.1) is 12.3 Å². The van der Waals surface area contributed by atoms with Gasteiger partial charge in [-0.3, -0.25) is 14.5 Å². The molecule has 1 aromatic heterocycles. The van der Waals surface area contributed by atoms with E-state index in [1.54, 1.807) is 23.2 Å². The van der Waals surface area contributed by atoms with Gasteiger partial charge in [-0.2, -0.15) is 0 Å². The molecule has 4 rings (SSSR count). The number of ketones is 1. The first kappa shape index (κ1) is 17.5. The van der Waals surface area contributed by atoms with Crippen LogP contribution in [0.2, 0.25) is 0 Å². The number of hydrogen-bond donors (Lipinski definition) is 1. The van der Waals surface area contributed by atoms with Crippen LogP contribution in [0.3, 0.4) is 0 Å². The highest BCUT2D eigenvalue weighted by Crippen LogP contribution is 2.46. The number of allylic oxidation sites excluding steroid dienone is 1. The minimum atomic E-state index is -0.647. The number of aliphatic hydroxyl groups is 1. The molecule has 0 fully saturated rings. The molecule has 5 nitrogen and oxygen atoms in total. The number of carbonyl (C=O) groups is 2. The van der Waals surface area contributed by atoms with E-state index in [4.69, 9.17) is 0 Å². The van der Waals surface area contributed by atoms with Gasteiger partial charge in [-0.25, -0.2) is 4.98 Å². The van der Waals surface area contributed by atoms with Crippen LogP contribution in [-0.4, -0.2) is 21.8 Å². The molecule has 1 aliphatic heterocycles. The molecule has 0 saturated heterocycles. The van der Waals surface area contributed by atoms with Gasteiger partial charge >= 0.3 is 0 Å². The van der Waals surface area contributed by atoms with Gasteiger partial charge in [0.1, 0.15) is 11.6 Å². The summed E-state index contributed by atoms with van der Waals surface area (Å²) in [4.78, 5) is 32.1. The van der Waals surface area contributed by atoms with Crippen LogP contribution in [0.1, 0.15) is 54.2 Å². The number of carbonyl (C=O) groups excluding carboxylic acids is 2. The third-order valence-electron chi connectivity index (χ3n) is 5.28. The van der Waals surface area contributed by atoms with E-state index in [0.717, 1.165) is 11.1 Å². The summed E-state index contributed by atoms with van der Waals surface area (Å²) in [6.07, 6.45) is 2.41. The van der Waals surface area contributed by atoms with Gasteiger partial charge in [-0.05, 0) is 41.7 Å². The average Bonchev–Trinajstić information content (AvgIpc) is 2.86. The number of benzene rings is 1. The Balaban J connectivity index is 1.92. The van der Waals surface area contributed by atoms with Crippen LogP contribution < -0.4 is 4.90 Å². The first-order valence-corrected chi connectivity index (χ1v) is 9.09. The van der Waals surface area contributed by atoms with E-state index < -0.39 is 6.04 Å². The molecule has 1 aromatic carbocycles. The van der Waals surface area contributed by atoms with E-state index in [1.807, 2.05) is 45.0 Å². The Bertz CT molecular complexity index is 991. The normalized spacial score (nSPS) is 21.6. The Kier molecular flexibility index (Phi) is 3.91. The highest BCUT2D eigenvalue weighted by molar-refractivity contribution is 6.13. The molecule has 1 aliphatic carbocycles. The number of aliphatic hydroxyl groups excluding tert-OH is 1. The number of pyridine rings is 1. The van der Waals surface area contributed by atoms with Gasteiger partial charge in [0.2, 0.25) is 0 Å². The summed E-state index contributed by atoms with van der Waals surface area (Å²) in [5.41, 5.74) is 2.27. The maximum atomic E-state index is 13.2. The summed E-state index contributed by atoms with van der Waals surface area (Å²) in [5, 5.41) is 10.8. The summed E-state index contributed by atoms with van der Waals surface area (Å²) >= 11 is 0. The third kappa shape index (κ3) is 2.83. The first-order chi connectivity index (χ1) is 12.8. The van der Waals surface area contributed by atoms with Crippen molar-refractivity contribution in [1.29, 1.82) is 0 Å². The molecular weight excluding hydrogens is 340 g/mol. The second-order valence-corrected chi connectivity index (χ2v) is 8.16. The van der Waals surface area contributed by atoms with Gasteiger partial charge in [-0.15, -0.1) is 0 Å². The Morgan fingerprint density at radius 1 is 1.15 bits per heavy atom. The number of aryl methyl sites for hydroxylation is 1. The molecule has 2 heterocycles. The van der Waals surface area contributed by atoms with Gasteiger partial charge in [0.05, 0.1) is 11.6 Å². The lowest BCUT2D eigenvalue weighted by Crippen LogP contribution is -2.36. The molecule has 0 radical (unpaired) electrons. The largest absolute Gasteiger partial charge is 0.512 e. The maximum Gasteiger partial charge on any atom is 0.260 e. The van der Waals surface area contributed by atoms with Crippen molar-refractivity contribution in [2.75, 3.05) is 4.90 Å². The molecule has 1 N–H and O–H groups in total. The number of nitrogens with zero attached hydrogens (tertiary/aromatic N) is 2. The summed E-state index contributed by atoms with van der Waals surface area (Å²) in [7, 11) is 0. The van der Waals surface area contributed by atoms with Gasteiger partial charge in [0, 0.05) is 24.6 Å². The topological polar surface area (TPSA) is 70.5 Å². The van der Waals surface area contributed by atoms with E-state index in [0.29, 0.717) is 29.8 Å². The minimum Gasteiger partial charge on any atom is -0.512 e. The number of anilines is 1. The highest BCUT2D eigenvalue weighted by Gasteiger charge is 2.46. The molecule has 1 atom stereocenters. The van der Waals surface area contributed by atoms with E-state index in [9.17, 15) is 14.7 Å². The van der Waals surface area contributed by atoms with E-state index in [1.165, 1.54) is 0 Å². The molecule has 0 bridgehead atoms. The van der Waals surface area contributed by atoms with Crippen LogP contribution in [0.5, 0.6) is 0 Å². The average molecular weight is 362 g/mol. The Morgan fingerprint density at radius 3 is 2.59 bits per heavy atom. The predicted octanol–water partition coefficient (Wildman–Crippen LogP) is 4.29. The molecule has 138 valence electrons. The lowest BCUT2D eigenvalue weighted by atomic mass is 9.74. The van der Waals surface area contributed by atoms with Crippen molar-refractivity contribution in [3.63, 3.8) is 0 Å². The summed E-state index contributed by atoms with van der Waals surface area (Å²) in [6.45, 7) is 5.86. The lowest BCUT2D eigenvalue weighted by Gasteiger charge is -2.34. The van der Waals surface area contributed by atoms with Crippen molar-refractivity contribution in [1.82, 2.24) is 4.98 Å². The van der Waals surface area contributed by atoms with Crippen LogP contribution in [0.25, 0.3) is 0 Å².